The molecule has 1 atom stereocenters. The largest absolute Gasteiger partial charge is 0.389 e. The van der Waals surface area contributed by atoms with Crippen LogP contribution in [0.5, 0.6) is 0 Å². The third-order valence-corrected chi connectivity index (χ3v) is 6.93. The summed E-state index contributed by atoms with van der Waals surface area (Å²) in [5.74, 6) is 0. The lowest BCUT2D eigenvalue weighted by molar-refractivity contribution is 0.0134. The molecule has 4 nitrogen and oxygen atoms in total. The van der Waals surface area contributed by atoms with E-state index in [9.17, 15) is 5.11 Å². The van der Waals surface area contributed by atoms with Gasteiger partial charge in [-0.2, -0.15) is 0 Å². The van der Waals surface area contributed by atoms with Crippen LogP contribution >= 0.6 is 0 Å². The Labute approximate surface area is 201 Å². The summed E-state index contributed by atoms with van der Waals surface area (Å²) >= 11 is 0. The van der Waals surface area contributed by atoms with Crippen LogP contribution in [0, 0.1) is 0 Å². The molecule has 0 aromatic rings. The van der Waals surface area contributed by atoms with Crippen LogP contribution in [0.4, 0.5) is 0 Å². The van der Waals surface area contributed by atoms with Gasteiger partial charge in [-0.3, -0.25) is 4.90 Å². The summed E-state index contributed by atoms with van der Waals surface area (Å²) < 4.78 is 5.82. The molecule has 1 rings (SSSR count). The van der Waals surface area contributed by atoms with Crippen molar-refractivity contribution >= 4 is 0 Å². The molecular weight excluding hydrogens is 396 g/mol. The molecule has 192 valence electrons. The van der Waals surface area contributed by atoms with Crippen molar-refractivity contribution in [2.24, 2.45) is 0 Å². The third-order valence-electron chi connectivity index (χ3n) is 6.93. The molecule has 1 saturated heterocycles. The van der Waals surface area contributed by atoms with Gasteiger partial charge in [0.1, 0.15) is 0 Å². The Hall–Kier alpha value is -0.160. The number of rotatable bonds is 23. The second kappa shape index (κ2) is 22.6. The van der Waals surface area contributed by atoms with E-state index in [-0.39, 0.29) is 6.10 Å². The van der Waals surface area contributed by atoms with Crippen molar-refractivity contribution < 1.29 is 9.84 Å². The number of hydrogen-bond donors (Lipinski definition) is 1. The highest BCUT2D eigenvalue weighted by Gasteiger charge is 2.15. The summed E-state index contributed by atoms with van der Waals surface area (Å²) in [6.45, 7) is 12.5. The summed E-state index contributed by atoms with van der Waals surface area (Å²) in [7, 11) is 0. The fourth-order valence-electron chi connectivity index (χ4n) is 4.78. The first kappa shape index (κ1) is 29.9. The zero-order valence-corrected chi connectivity index (χ0v) is 22.0. The highest BCUT2D eigenvalue weighted by atomic mass is 16.5. The molecule has 1 heterocycles. The van der Waals surface area contributed by atoms with E-state index in [1.54, 1.807) is 0 Å². The minimum absolute atomic E-state index is 0.356. The second-order valence-electron chi connectivity index (χ2n) is 10.2. The van der Waals surface area contributed by atoms with E-state index in [0.29, 0.717) is 6.61 Å². The molecule has 0 aliphatic carbocycles. The number of nitrogens with zero attached hydrogens (tertiary/aromatic N) is 2. The first-order valence-corrected chi connectivity index (χ1v) is 14.5. The van der Waals surface area contributed by atoms with Crippen LogP contribution < -0.4 is 0 Å². The van der Waals surface area contributed by atoms with Gasteiger partial charge in [-0.05, 0) is 45.3 Å². The molecule has 0 spiro atoms. The van der Waals surface area contributed by atoms with Crippen LogP contribution in [0.15, 0.2) is 0 Å². The van der Waals surface area contributed by atoms with Crippen molar-refractivity contribution in [3.05, 3.63) is 0 Å². The summed E-state index contributed by atoms with van der Waals surface area (Å²) in [6.07, 6.45) is 22.4. The van der Waals surface area contributed by atoms with E-state index in [0.717, 1.165) is 39.2 Å². The number of hydrogen-bond acceptors (Lipinski definition) is 4. The lowest BCUT2D eigenvalue weighted by Crippen LogP contribution is -2.42. The number of ether oxygens (including phenoxy) is 1. The first-order chi connectivity index (χ1) is 15.8. The smallest absolute Gasteiger partial charge is 0.0900 e. The van der Waals surface area contributed by atoms with E-state index < -0.39 is 0 Å². The summed E-state index contributed by atoms with van der Waals surface area (Å²) in [5.41, 5.74) is 0. The average molecular weight is 455 g/mol. The molecule has 1 unspecified atom stereocenters. The molecule has 0 bridgehead atoms. The number of piperidine rings is 1. The number of unbranched alkanes of at least 4 members (excludes halogenated alkanes) is 12. The number of aliphatic hydroxyl groups excluding tert-OH is 1. The molecular formula is C28H58N2O2. The fraction of sp³-hybridized carbons (Fsp3) is 1.00. The SMILES string of the molecule is CCCCCCCCCCCCOCC(O)CN(CCCCCC)CCN1CCCCC1. The summed E-state index contributed by atoms with van der Waals surface area (Å²) in [4.78, 5) is 5.09. The normalized spacial score (nSPS) is 16.1. The zero-order valence-electron chi connectivity index (χ0n) is 22.0. The quantitative estimate of drug-likeness (QED) is 0.175. The molecule has 0 radical (unpaired) electrons. The Morgan fingerprint density at radius 1 is 0.719 bits per heavy atom. The molecule has 0 aromatic carbocycles. The third kappa shape index (κ3) is 18.3. The summed E-state index contributed by atoms with van der Waals surface area (Å²) in [5, 5.41) is 10.5. The Bertz CT molecular complexity index is 374. The van der Waals surface area contributed by atoms with Crippen LogP contribution in [0.3, 0.4) is 0 Å². The van der Waals surface area contributed by atoms with Crippen LogP contribution in [0.25, 0.3) is 0 Å². The minimum Gasteiger partial charge on any atom is -0.389 e. The molecule has 0 saturated carbocycles. The van der Waals surface area contributed by atoms with Gasteiger partial charge in [0.25, 0.3) is 0 Å². The number of aliphatic hydroxyl groups is 1. The highest BCUT2D eigenvalue weighted by molar-refractivity contribution is 4.70. The molecule has 0 amide bonds. The van der Waals surface area contributed by atoms with Gasteiger partial charge in [-0.25, -0.2) is 0 Å². The minimum atomic E-state index is -0.356. The van der Waals surface area contributed by atoms with E-state index in [4.69, 9.17) is 4.74 Å². The maximum absolute atomic E-state index is 10.5. The molecule has 32 heavy (non-hydrogen) atoms. The monoisotopic (exact) mass is 454 g/mol. The van der Waals surface area contributed by atoms with Crippen molar-refractivity contribution in [2.45, 2.75) is 129 Å². The van der Waals surface area contributed by atoms with Crippen molar-refractivity contribution in [1.82, 2.24) is 9.80 Å². The molecule has 1 fully saturated rings. The van der Waals surface area contributed by atoms with Gasteiger partial charge in [0.2, 0.25) is 0 Å². The van der Waals surface area contributed by atoms with Crippen molar-refractivity contribution in [1.29, 1.82) is 0 Å². The van der Waals surface area contributed by atoms with Crippen LogP contribution in [0.2, 0.25) is 0 Å². The average Bonchev–Trinajstić information content (AvgIpc) is 2.81. The Morgan fingerprint density at radius 2 is 1.28 bits per heavy atom. The van der Waals surface area contributed by atoms with E-state index in [1.807, 2.05) is 0 Å². The lowest BCUT2D eigenvalue weighted by Gasteiger charge is -2.31. The van der Waals surface area contributed by atoms with Crippen molar-refractivity contribution in [3.8, 4) is 0 Å². The molecule has 4 heteroatoms. The van der Waals surface area contributed by atoms with Gasteiger partial charge in [0.05, 0.1) is 12.7 Å². The summed E-state index contributed by atoms with van der Waals surface area (Å²) in [6, 6.07) is 0. The molecule has 1 N–H and O–H groups in total. The van der Waals surface area contributed by atoms with E-state index >= 15 is 0 Å². The van der Waals surface area contributed by atoms with Gasteiger partial charge in [-0.15, -0.1) is 0 Å². The second-order valence-corrected chi connectivity index (χ2v) is 10.2. The van der Waals surface area contributed by atoms with Gasteiger partial charge >= 0.3 is 0 Å². The maximum Gasteiger partial charge on any atom is 0.0900 e. The van der Waals surface area contributed by atoms with Gasteiger partial charge in [0, 0.05) is 26.2 Å². The van der Waals surface area contributed by atoms with Crippen LogP contribution in [-0.4, -0.2) is 73.5 Å². The van der Waals surface area contributed by atoms with Gasteiger partial charge in [0.15, 0.2) is 0 Å². The fourth-order valence-corrected chi connectivity index (χ4v) is 4.78. The molecule has 1 aliphatic rings. The zero-order chi connectivity index (χ0) is 23.1. The predicted molar refractivity (Wildman–Crippen MR) is 140 cm³/mol. The lowest BCUT2D eigenvalue weighted by atomic mass is 10.1. The Balaban J connectivity index is 2.06. The van der Waals surface area contributed by atoms with Crippen LogP contribution in [-0.2, 0) is 4.74 Å². The topological polar surface area (TPSA) is 35.9 Å². The molecule has 1 aliphatic heterocycles. The maximum atomic E-state index is 10.5. The standard InChI is InChI=1S/C28H58N2O2/c1-3-5-7-9-10-11-12-13-14-19-25-32-27-28(31)26-30(22-16-8-6-4-2)24-23-29-20-17-15-18-21-29/h28,31H,3-27H2,1-2H3. The Kier molecular flexibility index (Phi) is 21.1. The number of likely N-dealkylation sites (tertiary alicyclic amines) is 1. The van der Waals surface area contributed by atoms with Crippen molar-refractivity contribution in [3.63, 3.8) is 0 Å². The Morgan fingerprint density at radius 3 is 1.91 bits per heavy atom. The molecule has 0 aromatic heterocycles. The van der Waals surface area contributed by atoms with Gasteiger partial charge < -0.3 is 14.7 Å². The van der Waals surface area contributed by atoms with Gasteiger partial charge in [-0.1, -0.05) is 97.3 Å². The predicted octanol–water partition coefficient (Wildman–Crippen LogP) is 6.65. The van der Waals surface area contributed by atoms with Crippen molar-refractivity contribution in [2.75, 3.05) is 52.5 Å². The van der Waals surface area contributed by atoms with E-state index in [1.165, 1.54) is 116 Å². The van der Waals surface area contributed by atoms with E-state index in [2.05, 4.69) is 23.6 Å². The first-order valence-electron chi connectivity index (χ1n) is 14.5. The highest BCUT2D eigenvalue weighted by Crippen LogP contribution is 2.11. The van der Waals surface area contributed by atoms with Crippen LogP contribution in [0.1, 0.15) is 123 Å².